The van der Waals surface area contributed by atoms with Gasteiger partial charge in [0.2, 0.25) is 0 Å². The zero-order chi connectivity index (χ0) is 8.97. The van der Waals surface area contributed by atoms with Gasteiger partial charge in [0.15, 0.2) is 0 Å². The highest BCUT2D eigenvalue weighted by atomic mass is 31.1. The predicted octanol–water partition coefficient (Wildman–Crippen LogP) is 4.09. The predicted molar refractivity (Wildman–Crippen MR) is 59.4 cm³/mol. The summed E-state index contributed by atoms with van der Waals surface area (Å²) >= 11 is 0. The molecular formula is C11H23P. The molecule has 0 spiro atoms. The fourth-order valence-electron chi connectivity index (χ4n) is 1.78. The van der Waals surface area contributed by atoms with Crippen LogP contribution in [0, 0.1) is 5.92 Å². The maximum Gasteiger partial charge on any atom is -0.0198 e. The van der Waals surface area contributed by atoms with Gasteiger partial charge in [-0.1, -0.05) is 46.5 Å². The van der Waals surface area contributed by atoms with Crippen molar-refractivity contribution in [3.05, 3.63) is 0 Å². The molecule has 1 rings (SSSR count). The Morgan fingerprint density at radius 2 is 2.08 bits per heavy atom. The third-order valence-electron chi connectivity index (χ3n) is 2.84. The maximum absolute atomic E-state index is 2.45. The Morgan fingerprint density at radius 3 is 2.58 bits per heavy atom. The molecule has 72 valence electrons. The fourth-order valence-corrected chi connectivity index (χ4v) is 4.20. The van der Waals surface area contributed by atoms with Gasteiger partial charge in [-0.15, -0.1) is 7.92 Å². The van der Waals surface area contributed by atoms with E-state index in [-0.39, 0.29) is 0 Å². The van der Waals surface area contributed by atoms with Crippen LogP contribution in [0.2, 0.25) is 0 Å². The first-order valence-electron chi connectivity index (χ1n) is 5.48. The fraction of sp³-hybridized carbons (Fsp3) is 1.00. The first kappa shape index (κ1) is 10.5. The van der Waals surface area contributed by atoms with Crippen molar-refractivity contribution in [1.82, 2.24) is 0 Å². The normalized spacial score (nSPS) is 30.2. The highest BCUT2D eigenvalue weighted by molar-refractivity contribution is 7.66. The summed E-state index contributed by atoms with van der Waals surface area (Å²) in [5, 5.41) is 0. The molecule has 0 N–H and O–H groups in total. The molecule has 3 atom stereocenters. The van der Waals surface area contributed by atoms with E-state index in [4.69, 9.17) is 0 Å². The molecule has 0 amide bonds. The molecule has 0 aromatic carbocycles. The van der Waals surface area contributed by atoms with Crippen LogP contribution in [0.15, 0.2) is 0 Å². The number of hydrogen-bond donors (Lipinski definition) is 0. The van der Waals surface area contributed by atoms with E-state index in [1.165, 1.54) is 25.7 Å². The summed E-state index contributed by atoms with van der Waals surface area (Å²) in [7, 11) is 0.528. The van der Waals surface area contributed by atoms with E-state index in [2.05, 4.69) is 20.8 Å². The zero-order valence-corrected chi connectivity index (χ0v) is 9.74. The molecule has 0 aliphatic carbocycles. The van der Waals surface area contributed by atoms with Crippen molar-refractivity contribution in [2.75, 3.05) is 12.3 Å². The van der Waals surface area contributed by atoms with Gasteiger partial charge in [-0.3, -0.25) is 0 Å². The Balaban J connectivity index is 1.93. The van der Waals surface area contributed by atoms with Crippen LogP contribution in [0.4, 0.5) is 0 Å². The summed E-state index contributed by atoms with van der Waals surface area (Å²) < 4.78 is 0. The van der Waals surface area contributed by atoms with Gasteiger partial charge in [-0.2, -0.15) is 0 Å². The van der Waals surface area contributed by atoms with E-state index in [1.807, 2.05) is 0 Å². The third kappa shape index (κ3) is 3.90. The van der Waals surface area contributed by atoms with E-state index in [9.17, 15) is 0 Å². The van der Waals surface area contributed by atoms with Crippen molar-refractivity contribution in [2.24, 2.45) is 5.92 Å². The van der Waals surface area contributed by atoms with Crippen LogP contribution in [0.1, 0.15) is 46.5 Å². The molecule has 1 heterocycles. The van der Waals surface area contributed by atoms with Crippen molar-refractivity contribution < 1.29 is 0 Å². The van der Waals surface area contributed by atoms with E-state index < -0.39 is 0 Å². The Kier molecular flexibility index (Phi) is 4.57. The lowest BCUT2D eigenvalue weighted by atomic mass is 10.1. The lowest BCUT2D eigenvalue weighted by Crippen LogP contribution is -1.97. The zero-order valence-electron chi connectivity index (χ0n) is 8.84. The van der Waals surface area contributed by atoms with Gasteiger partial charge in [0.25, 0.3) is 0 Å². The minimum atomic E-state index is 0.528. The van der Waals surface area contributed by atoms with E-state index in [1.54, 1.807) is 12.3 Å². The summed E-state index contributed by atoms with van der Waals surface area (Å²) in [6.07, 6.45) is 8.91. The summed E-state index contributed by atoms with van der Waals surface area (Å²) in [5.41, 5.74) is 1.12. The standard InChI is InChI=1S/C11H23P/c1-4-5-6-7-10(2)8-12-9-11(12)3/h10-11H,4-9H2,1-3H3. The van der Waals surface area contributed by atoms with Crippen LogP contribution >= 0.6 is 7.92 Å². The number of unbranched alkanes of at least 4 members (excludes halogenated alkanes) is 2. The summed E-state index contributed by atoms with van der Waals surface area (Å²) in [4.78, 5) is 0. The monoisotopic (exact) mass is 186 g/mol. The smallest absolute Gasteiger partial charge is 0.0198 e. The second-order valence-corrected chi connectivity index (χ2v) is 7.19. The lowest BCUT2D eigenvalue weighted by Gasteiger charge is -2.09. The average Bonchev–Trinajstić information content (AvgIpc) is 2.67. The van der Waals surface area contributed by atoms with E-state index in [0.29, 0.717) is 7.92 Å². The minimum Gasteiger partial charge on any atom is -0.103 e. The minimum absolute atomic E-state index is 0.528. The summed E-state index contributed by atoms with van der Waals surface area (Å²) in [5.74, 6) is 1.02. The topological polar surface area (TPSA) is 0 Å². The first-order chi connectivity index (χ1) is 5.74. The second kappa shape index (κ2) is 5.22. The molecule has 0 aromatic rings. The van der Waals surface area contributed by atoms with Gasteiger partial charge >= 0.3 is 0 Å². The van der Waals surface area contributed by atoms with Crippen LogP contribution in [-0.4, -0.2) is 18.0 Å². The molecule has 3 unspecified atom stereocenters. The molecule has 0 saturated carbocycles. The van der Waals surface area contributed by atoms with Gasteiger partial charge in [0.05, 0.1) is 0 Å². The van der Waals surface area contributed by atoms with Gasteiger partial charge in [-0.05, 0) is 23.9 Å². The Morgan fingerprint density at radius 1 is 1.42 bits per heavy atom. The maximum atomic E-state index is 2.45. The van der Waals surface area contributed by atoms with Gasteiger partial charge < -0.3 is 0 Å². The van der Waals surface area contributed by atoms with Crippen LogP contribution in [0.3, 0.4) is 0 Å². The summed E-state index contributed by atoms with van der Waals surface area (Å²) in [6, 6.07) is 0. The molecule has 1 fully saturated rings. The average molecular weight is 186 g/mol. The quantitative estimate of drug-likeness (QED) is 0.433. The first-order valence-corrected chi connectivity index (χ1v) is 7.26. The Labute approximate surface area is 78.9 Å². The molecule has 1 aliphatic heterocycles. The number of hydrogen-bond acceptors (Lipinski definition) is 0. The van der Waals surface area contributed by atoms with Crippen molar-refractivity contribution in [3.63, 3.8) is 0 Å². The molecule has 0 bridgehead atoms. The van der Waals surface area contributed by atoms with Crippen molar-refractivity contribution >= 4 is 7.92 Å². The van der Waals surface area contributed by atoms with Crippen LogP contribution in [-0.2, 0) is 0 Å². The molecule has 1 heteroatoms. The van der Waals surface area contributed by atoms with E-state index >= 15 is 0 Å². The third-order valence-corrected chi connectivity index (χ3v) is 5.90. The highest BCUT2D eigenvalue weighted by Crippen LogP contribution is 2.59. The van der Waals surface area contributed by atoms with Gasteiger partial charge in [0.1, 0.15) is 0 Å². The lowest BCUT2D eigenvalue weighted by molar-refractivity contribution is 0.540. The molecule has 1 saturated heterocycles. The largest absolute Gasteiger partial charge is 0.103 e. The molecule has 1 aliphatic rings. The van der Waals surface area contributed by atoms with Gasteiger partial charge in [-0.25, -0.2) is 0 Å². The second-order valence-electron chi connectivity index (χ2n) is 4.40. The van der Waals surface area contributed by atoms with Crippen molar-refractivity contribution in [3.8, 4) is 0 Å². The molecule has 12 heavy (non-hydrogen) atoms. The van der Waals surface area contributed by atoms with Crippen LogP contribution in [0.5, 0.6) is 0 Å². The molecule has 0 aromatic heterocycles. The summed E-state index contributed by atoms with van der Waals surface area (Å²) in [6.45, 7) is 7.16. The Bertz CT molecular complexity index is 122. The van der Waals surface area contributed by atoms with Gasteiger partial charge in [0, 0.05) is 0 Å². The van der Waals surface area contributed by atoms with Crippen molar-refractivity contribution in [1.29, 1.82) is 0 Å². The van der Waals surface area contributed by atoms with Crippen LogP contribution in [0.25, 0.3) is 0 Å². The van der Waals surface area contributed by atoms with E-state index in [0.717, 1.165) is 11.6 Å². The van der Waals surface area contributed by atoms with Crippen molar-refractivity contribution in [2.45, 2.75) is 52.1 Å². The number of rotatable bonds is 6. The molecule has 0 nitrogen and oxygen atoms in total. The highest BCUT2D eigenvalue weighted by Gasteiger charge is 2.32. The SMILES string of the molecule is CCCCCC(C)CP1CC1C. The Hall–Kier alpha value is 0.430. The molecule has 0 radical (unpaired) electrons. The van der Waals surface area contributed by atoms with Crippen LogP contribution < -0.4 is 0 Å². The molecular weight excluding hydrogens is 163 g/mol.